The molecule has 27 heavy (non-hydrogen) atoms. The maximum Gasteiger partial charge on any atom is 0.260 e. The predicted molar refractivity (Wildman–Crippen MR) is 97.7 cm³/mol. The van der Waals surface area contributed by atoms with Gasteiger partial charge in [-0.05, 0) is 18.2 Å². The summed E-state index contributed by atoms with van der Waals surface area (Å²) in [4.78, 5) is 18.3. The van der Waals surface area contributed by atoms with Crippen LogP contribution in [0.5, 0.6) is 17.4 Å². The normalized spacial score (nSPS) is 14.3. The van der Waals surface area contributed by atoms with E-state index in [2.05, 4.69) is 4.98 Å². The van der Waals surface area contributed by atoms with Crippen LogP contribution in [0.4, 0.5) is 0 Å². The van der Waals surface area contributed by atoms with E-state index in [4.69, 9.17) is 19.5 Å². The predicted octanol–water partition coefficient (Wildman–Crippen LogP) is 2.41. The number of likely N-dealkylation sites (tertiary alicyclic amines) is 1. The second kappa shape index (κ2) is 8.90. The Labute approximate surface area is 158 Å². The number of methoxy groups -OCH3 is 1. The van der Waals surface area contributed by atoms with Gasteiger partial charge in [0.1, 0.15) is 12.2 Å². The first-order valence-electron chi connectivity index (χ1n) is 8.76. The highest BCUT2D eigenvalue weighted by Crippen LogP contribution is 2.26. The maximum absolute atomic E-state index is 12.4. The Morgan fingerprint density at radius 1 is 1.22 bits per heavy atom. The summed E-state index contributed by atoms with van der Waals surface area (Å²) in [6.07, 6.45) is 2.94. The van der Waals surface area contributed by atoms with E-state index < -0.39 is 0 Å². The molecule has 1 aliphatic heterocycles. The van der Waals surface area contributed by atoms with E-state index in [0.717, 1.165) is 12.8 Å². The van der Waals surface area contributed by atoms with Crippen molar-refractivity contribution >= 4 is 5.91 Å². The second-order valence-electron chi connectivity index (χ2n) is 6.13. The molecule has 1 aromatic carbocycles. The van der Waals surface area contributed by atoms with Crippen LogP contribution in [0.2, 0.25) is 0 Å². The lowest BCUT2D eigenvalue weighted by Crippen LogP contribution is -2.43. The molecule has 0 radical (unpaired) electrons. The van der Waals surface area contributed by atoms with E-state index in [1.165, 1.54) is 6.20 Å². The third-order valence-electron chi connectivity index (χ3n) is 4.37. The largest absolute Gasteiger partial charge is 0.493 e. The zero-order valence-electron chi connectivity index (χ0n) is 15.1. The number of pyridine rings is 1. The SMILES string of the molecule is COc1ccccc1OCC(=O)N1CCC(Oc2ccc(C#N)cn2)CC1. The number of hydrogen-bond donors (Lipinski definition) is 0. The minimum Gasteiger partial charge on any atom is -0.493 e. The average Bonchev–Trinajstić information content (AvgIpc) is 2.73. The first kappa shape index (κ1) is 18.5. The molecule has 1 aliphatic rings. The molecule has 2 heterocycles. The molecule has 1 amide bonds. The van der Waals surface area contributed by atoms with Gasteiger partial charge in [0, 0.05) is 38.2 Å². The van der Waals surface area contributed by atoms with E-state index in [0.29, 0.717) is 36.0 Å². The Morgan fingerprint density at radius 3 is 2.59 bits per heavy atom. The number of nitrogens with zero attached hydrogens (tertiary/aromatic N) is 3. The van der Waals surface area contributed by atoms with E-state index in [1.54, 1.807) is 36.3 Å². The molecular weight excluding hydrogens is 346 g/mol. The molecule has 0 spiro atoms. The van der Waals surface area contributed by atoms with Gasteiger partial charge in [-0.25, -0.2) is 4.98 Å². The molecule has 1 aromatic heterocycles. The zero-order chi connectivity index (χ0) is 19.1. The summed E-state index contributed by atoms with van der Waals surface area (Å²) in [5, 5.41) is 8.79. The topological polar surface area (TPSA) is 84.7 Å². The van der Waals surface area contributed by atoms with Crippen LogP contribution in [0, 0.1) is 11.3 Å². The Morgan fingerprint density at radius 2 is 1.96 bits per heavy atom. The van der Waals surface area contributed by atoms with Crippen molar-refractivity contribution in [3.05, 3.63) is 48.2 Å². The number of carbonyl (C=O) groups is 1. The van der Waals surface area contributed by atoms with E-state index in [1.807, 2.05) is 18.2 Å². The van der Waals surface area contributed by atoms with Gasteiger partial charge in [0.05, 0.1) is 12.7 Å². The average molecular weight is 367 g/mol. The number of hydrogen-bond acceptors (Lipinski definition) is 6. The van der Waals surface area contributed by atoms with Crippen LogP contribution in [-0.2, 0) is 4.79 Å². The summed E-state index contributed by atoms with van der Waals surface area (Å²) in [7, 11) is 1.57. The van der Waals surface area contributed by atoms with Gasteiger partial charge in [-0.1, -0.05) is 12.1 Å². The summed E-state index contributed by atoms with van der Waals surface area (Å²) in [5.74, 6) is 1.60. The van der Waals surface area contributed by atoms with Crippen molar-refractivity contribution in [2.45, 2.75) is 18.9 Å². The monoisotopic (exact) mass is 367 g/mol. The molecule has 1 saturated heterocycles. The van der Waals surface area contributed by atoms with E-state index in [9.17, 15) is 4.79 Å². The molecular formula is C20H21N3O4. The summed E-state index contributed by atoms with van der Waals surface area (Å²) in [6.45, 7) is 1.19. The number of piperidine rings is 1. The van der Waals surface area contributed by atoms with Gasteiger partial charge in [0.2, 0.25) is 5.88 Å². The van der Waals surface area contributed by atoms with Crippen molar-refractivity contribution in [2.75, 3.05) is 26.8 Å². The van der Waals surface area contributed by atoms with Gasteiger partial charge in [0.25, 0.3) is 5.91 Å². The lowest BCUT2D eigenvalue weighted by atomic mass is 10.1. The molecule has 0 atom stereocenters. The Balaban J connectivity index is 1.45. The van der Waals surface area contributed by atoms with Crippen molar-refractivity contribution in [1.82, 2.24) is 9.88 Å². The third-order valence-corrected chi connectivity index (χ3v) is 4.37. The lowest BCUT2D eigenvalue weighted by molar-refractivity contribution is -0.135. The van der Waals surface area contributed by atoms with Gasteiger partial charge >= 0.3 is 0 Å². The molecule has 7 heteroatoms. The van der Waals surface area contributed by atoms with Crippen LogP contribution in [-0.4, -0.2) is 48.7 Å². The first-order valence-corrected chi connectivity index (χ1v) is 8.76. The second-order valence-corrected chi connectivity index (χ2v) is 6.13. The van der Waals surface area contributed by atoms with Crippen molar-refractivity contribution in [2.24, 2.45) is 0 Å². The van der Waals surface area contributed by atoms with Crippen LogP contribution in [0.15, 0.2) is 42.6 Å². The Kier molecular flexibility index (Phi) is 6.10. The number of aromatic nitrogens is 1. The minimum atomic E-state index is -0.0594. The summed E-state index contributed by atoms with van der Waals surface area (Å²) in [5.41, 5.74) is 0.498. The van der Waals surface area contributed by atoms with E-state index in [-0.39, 0.29) is 18.6 Å². The molecule has 0 aliphatic carbocycles. The van der Waals surface area contributed by atoms with Crippen molar-refractivity contribution < 1.29 is 19.0 Å². The van der Waals surface area contributed by atoms with Gasteiger partial charge in [-0.15, -0.1) is 0 Å². The van der Waals surface area contributed by atoms with Crippen molar-refractivity contribution in [1.29, 1.82) is 5.26 Å². The van der Waals surface area contributed by atoms with Crippen LogP contribution >= 0.6 is 0 Å². The van der Waals surface area contributed by atoms with Crippen molar-refractivity contribution in [3.8, 4) is 23.4 Å². The highest BCUT2D eigenvalue weighted by atomic mass is 16.5. The molecule has 0 bridgehead atoms. The maximum atomic E-state index is 12.4. The van der Waals surface area contributed by atoms with Crippen LogP contribution in [0.1, 0.15) is 18.4 Å². The molecule has 7 nitrogen and oxygen atoms in total. The summed E-state index contributed by atoms with van der Waals surface area (Å²) in [6, 6.07) is 12.6. The molecule has 0 saturated carbocycles. The standard InChI is InChI=1S/C20H21N3O4/c1-25-17-4-2-3-5-18(17)26-14-20(24)23-10-8-16(9-11-23)27-19-7-6-15(12-21)13-22-19/h2-7,13,16H,8-11,14H2,1H3. The van der Waals surface area contributed by atoms with Crippen LogP contribution in [0.25, 0.3) is 0 Å². The Hall–Kier alpha value is -3.27. The van der Waals surface area contributed by atoms with Gasteiger partial charge < -0.3 is 19.1 Å². The van der Waals surface area contributed by atoms with Crippen LogP contribution in [0.3, 0.4) is 0 Å². The molecule has 0 unspecified atom stereocenters. The minimum absolute atomic E-state index is 0.00428. The molecule has 0 N–H and O–H groups in total. The highest BCUT2D eigenvalue weighted by Gasteiger charge is 2.24. The fraction of sp³-hybridized carbons (Fsp3) is 0.350. The molecule has 3 rings (SSSR count). The fourth-order valence-corrected chi connectivity index (χ4v) is 2.88. The molecule has 2 aromatic rings. The Bertz CT molecular complexity index is 809. The number of benzene rings is 1. The number of carbonyl (C=O) groups excluding carboxylic acids is 1. The number of amides is 1. The van der Waals surface area contributed by atoms with Gasteiger partial charge in [0.15, 0.2) is 18.1 Å². The van der Waals surface area contributed by atoms with Gasteiger partial charge in [-0.2, -0.15) is 5.26 Å². The zero-order valence-corrected chi connectivity index (χ0v) is 15.1. The molecule has 1 fully saturated rings. The first-order chi connectivity index (χ1) is 13.2. The number of nitriles is 1. The highest BCUT2D eigenvalue weighted by molar-refractivity contribution is 5.78. The quantitative estimate of drug-likeness (QED) is 0.779. The number of para-hydroxylation sites is 2. The third kappa shape index (κ3) is 4.88. The van der Waals surface area contributed by atoms with Gasteiger partial charge in [-0.3, -0.25) is 4.79 Å². The smallest absolute Gasteiger partial charge is 0.260 e. The van der Waals surface area contributed by atoms with E-state index >= 15 is 0 Å². The van der Waals surface area contributed by atoms with Crippen LogP contribution < -0.4 is 14.2 Å². The molecule has 140 valence electrons. The lowest BCUT2D eigenvalue weighted by Gasteiger charge is -2.31. The summed E-state index contributed by atoms with van der Waals surface area (Å²) < 4.78 is 16.7. The fourth-order valence-electron chi connectivity index (χ4n) is 2.88. The number of rotatable bonds is 6. The summed E-state index contributed by atoms with van der Waals surface area (Å²) >= 11 is 0. The number of ether oxygens (including phenoxy) is 3. The van der Waals surface area contributed by atoms with Crippen molar-refractivity contribution in [3.63, 3.8) is 0 Å².